The highest BCUT2D eigenvalue weighted by Gasteiger charge is 2.10. The van der Waals surface area contributed by atoms with E-state index in [1.807, 2.05) is 29.6 Å². The minimum atomic E-state index is -0.336. The third kappa shape index (κ3) is 3.37. The van der Waals surface area contributed by atoms with E-state index in [-0.39, 0.29) is 5.97 Å². The Kier molecular flexibility index (Phi) is 4.55. The molecular formula is C15H12N2O3S2. The summed E-state index contributed by atoms with van der Waals surface area (Å²) in [6.07, 6.45) is 0. The van der Waals surface area contributed by atoms with Gasteiger partial charge in [-0.15, -0.1) is 21.5 Å². The van der Waals surface area contributed by atoms with E-state index >= 15 is 0 Å². The smallest absolute Gasteiger partial charge is 0.337 e. The molecule has 0 aliphatic rings. The van der Waals surface area contributed by atoms with Gasteiger partial charge in [0.1, 0.15) is 0 Å². The fourth-order valence-corrected chi connectivity index (χ4v) is 3.13. The fraction of sp³-hybridized carbons (Fsp3) is 0.133. The van der Waals surface area contributed by atoms with Crippen LogP contribution < -0.4 is 0 Å². The number of carbonyl (C=O) groups excluding carboxylic acids is 1. The molecule has 22 heavy (non-hydrogen) atoms. The van der Waals surface area contributed by atoms with Crippen molar-refractivity contribution in [1.82, 2.24) is 10.2 Å². The second kappa shape index (κ2) is 6.76. The van der Waals surface area contributed by atoms with E-state index in [1.54, 1.807) is 23.5 Å². The molecule has 3 rings (SSSR count). The first kappa shape index (κ1) is 14.8. The Morgan fingerprint density at radius 3 is 2.77 bits per heavy atom. The van der Waals surface area contributed by atoms with Gasteiger partial charge in [-0.25, -0.2) is 4.79 Å². The first-order chi connectivity index (χ1) is 10.8. The molecule has 0 radical (unpaired) electrons. The van der Waals surface area contributed by atoms with E-state index in [0.29, 0.717) is 22.4 Å². The summed E-state index contributed by atoms with van der Waals surface area (Å²) in [6.45, 7) is 0. The lowest BCUT2D eigenvalue weighted by atomic mass is 10.1. The average Bonchev–Trinajstić information content (AvgIpc) is 3.23. The molecule has 3 aromatic rings. The Morgan fingerprint density at radius 2 is 2.09 bits per heavy atom. The molecule has 1 aromatic carbocycles. The molecule has 2 aromatic heterocycles. The summed E-state index contributed by atoms with van der Waals surface area (Å²) in [6, 6.07) is 11.1. The average molecular weight is 332 g/mol. The summed E-state index contributed by atoms with van der Waals surface area (Å²) in [5.74, 6) is 0.892. The number of esters is 1. The van der Waals surface area contributed by atoms with Crippen molar-refractivity contribution in [3.05, 3.63) is 52.9 Å². The molecule has 112 valence electrons. The highest BCUT2D eigenvalue weighted by atomic mass is 32.2. The number of hydrogen-bond donors (Lipinski definition) is 0. The van der Waals surface area contributed by atoms with Crippen LogP contribution in [0.1, 0.15) is 15.9 Å². The Balaban J connectivity index is 1.62. The monoisotopic (exact) mass is 332 g/mol. The van der Waals surface area contributed by atoms with Crippen LogP contribution in [0.4, 0.5) is 0 Å². The summed E-state index contributed by atoms with van der Waals surface area (Å²) in [5.41, 5.74) is 1.60. The molecule has 0 amide bonds. The lowest BCUT2D eigenvalue weighted by Crippen LogP contribution is -2.00. The number of benzene rings is 1. The van der Waals surface area contributed by atoms with Crippen molar-refractivity contribution in [3.63, 3.8) is 0 Å². The van der Waals surface area contributed by atoms with Gasteiger partial charge in [0.2, 0.25) is 0 Å². The SMILES string of the molecule is COC(=O)c1ccc(CSc2nnc(-c3cccs3)o2)cc1. The van der Waals surface area contributed by atoms with Crippen LogP contribution in [0.3, 0.4) is 0 Å². The predicted molar refractivity (Wildman–Crippen MR) is 85.0 cm³/mol. The van der Waals surface area contributed by atoms with Crippen molar-refractivity contribution in [2.45, 2.75) is 11.0 Å². The summed E-state index contributed by atoms with van der Waals surface area (Å²) in [5, 5.41) is 10.6. The van der Waals surface area contributed by atoms with Crippen molar-refractivity contribution < 1.29 is 13.9 Å². The fourth-order valence-electron chi connectivity index (χ4n) is 1.77. The topological polar surface area (TPSA) is 65.2 Å². The molecule has 0 N–H and O–H groups in total. The second-order valence-corrected chi connectivity index (χ2v) is 6.20. The van der Waals surface area contributed by atoms with Gasteiger partial charge < -0.3 is 9.15 Å². The van der Waals surface area contributed by atoms with Gasteiger partial charge in [-0.05, 0) is 29.1 Å². The Morgan fingerprint density at radius 1 is 1.27 bits per heavy atom. The third-order valence-corrected chi connectivity index (χ3v) is 4.62. The molecule has 0 spiro atoms. The van der Waals surface area contributed by atoms with E-state index in [0.717, 1.165) is 10.4 Å². The van der Waals surface area contributed by atoms with Crippen molar-refractivity contribution >= 4 is 29.1 Å². The van der Waals surface area contributed by atoms with E-state index in [9.17, 15) is 4.79 Å². The first-order valence-corrected chi connectivity index (χ1v) is 8.30. The van der Waals surface area contributed by atoms with Crippen molar-refractivity contribution in [3.8, 4) is 10.8 Å². The van der Waals surface area contributed by atoms with Gasteiger partial charge in [0.25, 0.3) is 11.1 Å². The molecule has 0 bridgehead atoms. The molecule has 0 atom stereocenters. The molecule has 0 saturated carbocycles. The van der Waals surface area contributed by atoms with Gasteiger partial charge in [0.05, 0.1) is 17.6 Å². The van der Waals surface area contributed by atoms with Crippen molar-refractivity contribution in [1.29, 1.82) is 0 Å². The van der Waals surface area contributed by atoms with Gasteiger partial charge in [0.15, 0.2) is 0 Å². The van der Waals surface area contributed by atoms with Crippen LogP contribution in [0.5, 0.6) is 0 Å². The van der Waals surface area contributed by atoms with Gasteiger partial charge in [-0.2, -0.15) is 0 Å². The Bertz CT molecular complexity index is 751. The number of hydrogen-bond acceptors (Lipinski definition) is 7. The number of carbonyl (C=O) groups is 1. The van der Waals surface area contributed by atoms with Gasteiger partial charge in [-0.3, -0.25) is 0 Å². The van der Waals surface area contributed by atoms with Gasteiger partial charge in [0, 0.05) is 5.75 Å². The molecular weight excluding hydrogens is 320 g/mol. The minimum Gasteiger partial charge on any atom is -0.465 e. The maximum Gasteiger partial charge on any atom is 0.337 e. The maximum absolute atomic E-state index is 11.4. The molecule has 0 aliphatic heterocycles. The summed E-state index contributed by atoms with van der Waals surface area (Å²) in [7, 11) is 1.37. The number of aromatic nitrogens is 2. The Hall–Kier alpha value is -2.12. The Labute approximate surface area is 135 Å². The van der Waals surface area contributed by atoms with E-state index in [1.165, 1.54) is 18.9 Å². The number of thioether (sulfide) groups is 1. The normalized spacial score (nSPS) is 10.6. The number of nitrogens with zero attached hydrogens (tertiary/aromatic N) is 2. The lowest BCUT2D eigenvalue weighted by Gasteiger charge is -2.01. The molecule has 0 unspecified atom stereocenters. The van der Waals surface area contributed by atoms with E-state index in [2.05, 4.69) is 14.9 Å². The maximum atomic E-state index is 11.4. The number of methoxy groups -OCH3 is 1. The quantitative estimate of drug-likeness (QED) is 0.522. The van der Waals surface area contributed by atoms with Crippen LogP contribution in [0.2, 0.25) is 0 Å². The zero-order valence-corrected chi connectivity index (χ0v) is 13.3. The standard InChI is InChI=1S/C15H12N2O3S2/c1-19-14(18)11-6-4-10(5-7-11)9-22-15-17-16-13(20-15)12-3-2-8-21-12/h2-8H,9H2,1H3. The summed E-state index contributed by atoms with van der Waals surface area (Å²) >= 11 is 3.02. The zero-order chi connectivity index (χ0) is 15.4. The molecule has 5 nitrogen and oxygen atoms in total. The summed E-state index contributed by atoms with van der Waals surface area (Å²) < 4.78 is 10.3. The van der Waals surface area contributed by atoms with Gasteiger partial charge in [-0.1, -0.05) is 30.0 Å². The first-order valence-electron chi connectivity index (χ1n) is 6.43. The van der Waals surface area contributed by atoms with Crippen LogP contribution in [0, 0.1) is 0 Å². The molecule has 0 saturated heterocycles. The largest absolute Gasteiger partial charge is 0.465 e. The highest BCUT2D eigenvalue weighted by Crippen LogP contribution is 2.28. The van der Waals surface area contributed by atoms with Crippen LogP contribution in [0.25, 0.3) is 10.8 Å². The third-order valence-electron chi connectivity index (χ3n) is 2.88. The summed E-state index contributed by atoms with van der Waals surface area (Å²) in [4.78, 5) is 12.3. The molecule has 0 aliphatic carbocycles. The van der Waals surface area contributed by atoms with E-state index in [4.69, 9.17) is 4.42 Å². The second-order valence-electron chi connectivity index (χ2n) is 4.33. The molecule has 0 fully saturated rings. The molecule has 7 heteroatoms. The predicted octanol–water partition coefficient (Wildman–Crippen LogP) is 3.88. The van der Waals surface area contributed by atoms with Crippen LogP contribution in [0.15, 0.2) is 51.4 Å². The van der Waals surface area contributed by atoms with Crippen molar-refractivity contribution in [2.24, 2.45) is 0 Å². The van der Waals surface area contributed by atoms with Crippen molar-refractivity contribution in [2.75, 3.05) is 7.11 Å². The molecule has 2 heterocycles. The van der Waals surface area contributed by atoms with E-state index < -0.39 is 0 Å². The van der Waals surface area contributed by atoms with Gasteiger partial charge >= 0.3 is 5.97 Å². The number of thiophene rings is 1. The van der Waals surface area contributed by atoms with Crippen LogP contribution in [-0.4, -0.2) is 23.3 Å². The lowest BCUT2D eigenvalue weighted by molar-refractivity contribution is 0.0600. The van der Waals surface area contributed by atoms with Crippen LogP contribution in [-0.2, 0) is 10.5 Å². The number of ether oxygens (including phenoxy) is 1. The number of rotatable bonds is 5. The van der Waals surface area contributed by atoms with Crippen LogP contribution >= 0.6 is 23.1 Å². The minimum absolute atomic E-state index is 0.336. The highest BCUT2D eigenvalue weighted by molar-refractivity contribution is 7.98. The zero-order valence-electron chi connectivity index (χ0n) is 11.7.